The maximum atomic E-state index is 8.24. The maximum absolute atomic E-state index is 8.24. The summed E-state index contributed by atoms with van der Waals surface area (Å²) in [5.74, 6) is 1.75. The molecule has 4 rings (SSSR count). The molecule has 0 amide bonds. The van der Waals surface area contributed by atoms with E-state index in [0.717, 1.165) is 16.6 Å². The highest BCUT2D eigenvalue weighted by atomic mass is 32.1. The van der Waals surface area contributed by atoms with Crippen LogP contribution < -0.4 is 4.74 Å². The highest BCUT2D eigenvalue weighted by Crippen LogP contribution is 2.40. The molecule has 2 heterocycles. The summed E-state index contributed by atoms with van der Waals surface area (Å²) in [6.45, 7) is 7.27. The Morgan fingerprint density at radius 2 is 2.04 bits per heavy atom. The molecule has 0 radical (unpaired) electrons. The molecule has 0 saturated heterocycles. The first-order valence-corrected chi connectivity index (χ1v) is 10.7. The van der Waals surface area contributed by atoms with Crippen molar-refractivity contribution < 1.29 is 9.84 Å². The monoisotopic (exact) mass is 374 g/mol. The van der Waals surface area contributed by atoms with Crippen LogP contribution in [0.5, 0.6) is 5.88 Å². The van der Waals surface area contributed by atoms with Gasteiger partial charge in [-0.3, -0.25) is 0 Å². The van der Waals surface area contributed by atoms with E-state index in [1.807, 2.05) is 11.3 Å². The van der Waals surface area contributed by atoms with Crippen molar-refractivity contribution in [2.75, 3.05) is 0 Å². The fourth-order valence-corrected chi connectivity index (χ4v) is 5.02. The summed E-state index contributed by atoms with van der Waals surface area (Å²) in [5.41, 5.74) is 1.47. The third-order valence-electron chi connectivity index (χ3n) is 5.46. The average molecular weight is 375 g/mol. The van der Waals surface area contributed by atoms with E-state index in [4.69, 9.17) is 9.84 Å². The van der Waals surface area contributed by atoms with Crippen LogP contribution in [0.3, 0.4) is 0 Å². The lowest BCUT2D eigenvalue weighted by Gasteiger charge is -2.28. The molecule has 0 aromatic carbocycles. The van der Waals surface area contributed by atoms with Crippen LogP contribution in [0.2, 0.25) is 0 Å². The summed E-state index contributed by atoms with van der Waals surface area (Å²) in [5, 5.41) is 9.46. The number of rotatable bonds is 4. The van der Waals surface area contributed by atoms with Gasteiger partial charge in [-0.05, 0) is 63.4 Å². The SMILES string of the molecule is C=CC(C)O.CCC1CCC(Oc2ncnc3sc4c(c23)CCC4)CC1. The lowest BCUT2D eigenvalue weighted by Crippen LogP contribution is -2.24. The van der Waals surface area contributed by atoms with Gasteiger partial charge < -0.3 is 9.84 Å². The van der Waals surface area contributed by atoms with Gasteiger partial charge in [-0.15, -0.1) is 17.9 Å². The molecule has 26 heavy (non-hydrogen) atoms. The zero-order chi connectivity index (χ0) is 18.5. The molecule has 142 valence electrons. The number of thiophene rings is 1. The van der Waals surface area contributed by atoms with E-state index in [2.05, 4.69) is 23.5 Å². The lowest BCUT2D eigenvalue weighted by atomic mass is 9.86. The predicted octanol–water partition coefficient (Wildman–Crippen LogP) is 5.08. The lowest BCUT2D eigenvalue weighted by molar-refractivity contribution is 0.126. The van der Waals surface area contributed by atoms with Crippen molar-refractivity contribution in [1.29, 1.82) is 0 Å². The minimum absolute atomic E-state index is 0.350. The molecule has 1 N–H and O–H groups in total. The number of aryl methyl sites for hydroxylation is 2. The largest absolute Gasteiger partial charge is 0.474 e. The molecule has 1 unspecified atom stereocenters. The molecule has 4 nitrogen and oxygen atoms in total. The minimum atomic E-state index is -0.352. The van der Waals surface area contributed by atoms with Crippen LogP contribution in [-0.2, 0) is 12.8 Å². The van der Waals surface area contributed by atoms with Crippen molar-refractivity contribution in [3.8, 4) is 5.88 Å². The van der Waals surface area contributed by atoms with E-state index in [1.165, 1.54) is 73.3 Å². The van der Waals surface area contributed by atoms with Crippen LogP contribution in [0, 0.1) is 5.92 Å². The van der Waals surface area contributed by atoms with Gasteiger partial charge in [0.25, 0.3) is 0 Å². The van der Waals surface area contributed by atoms with E-state index in [9.17, 15) is 0 Å². The van der Waals surface area contributed by atoms with E-state index < -0.39 is 0 Å². The summed E-state index contributed by atoms with van der Waals surface area (Å²) in [6.07, 6.45) is 13.1. The Labute approximate surface area is 160 Å². The van der Waals surface area contributed by atoms with Gasteiger partial charge in [-0.25, -0.2) is 9.97 Å². The van der Waals surface area contributed by atoms with Crippen molar-refractivity contribution in [3.63, 3.8) is 0 Å². The van der Waals surface area contributed by atoms with Gasteiger partial charge in [0.1, 0.15) is 17.3 Å². The standard InChI is InChI=1S/C17H22N2OS.C4H8O/c1-2-11-6-8-12(9-7-11)20-16-15-13-4-3-5-14(13)21-17(15)19-10-18-16;1-3-4(2)5/h10-12H,2-9H2,1H3;3-5H,1H2,2H3. The third-order valence-corrected chi connectivity index (χ3v) is 6.66. The molecule has 1 atom stereocenters. The second-order valence-electron chi connectivity index (χ2n) is 7.36. The van der Waals surface area contributed by atoms with Crippen molar-refractivity contribution in [3.05, 3.63) is 29.4 Å². The third kappa shape index (κ3) is 4.44. The molecule has 5 heteroatoms. The normalized spacial score (nSPS) is 23.0. The Morgan fingerprint density at radius 1 is 1.31 bits per heavy atom. The number of ether oxygens (including phenoxy) is 1. The molecule has 1 saturated carbocycles. The van der Waals surface area contributed by atoms with Gasteiger partial charge in [0.15, 0.2) is 0 Å². The summed E-state index contributed by atoms with van der Waals surface area (Å²) < 4.78 is 6.30. The smallest absolute Gasteiger partial charge is 0.225 e. The van der Waals surface area contributed by atoms with E-state index in [1.54, 1.807) is 13.3 Å². The fourth-order valence-electron chi connectivity index (χ4n) is 3.80. The Morgan fingerprint density at radius 3 is 2.69 bits per heavy atom. The van der Waals surface area contributed by atoms with Crippen LogP contribution in [-0.4, -0.2) is 27.3 Å². The summed E-state index contributed by atoms with van der Waals surface area (Å²) >= 11 is 1.84. The average Bonchev–Trinajstić information content (AvgIpc) is 3.24. The number of nitrogens with zero attached hydrogens (tertiary/aromatic N) is 2. The Kier molecular flexibility index (Phi) is 6.65. The topological polar surface area (TPSA) is 55.2 Å². The molecule has 0 bridgehead atoms. The summed E-state index contributed by atoms with van der Waals surface area (Å²) in [4.78, 5) is 11.5. The molecule has 2 aliphatic rings. The van der Waals surface area contributed by atoms with Crippen molar-refractivity contribution in [2.24, 2.45) is 5.92 Å². The van der Waals surface area contributed by atoms with Crippen LogP contribution in [0.4, 0.5) is 0 Å². The van der Waals surface area contributed by atoms with Crippen LogP contribution in [0.25, 0.3) is 10.2 Å². The van der Waals surface area contributed by atoms with Crippen LogP contribution in [0.1, 0.15) is 62.8 Å². The number of aromatic nitrogens is 2. The van der Waals surface area contributed by atoms with Crippen molar-refractivity contribution in [1.82, 2.24) is 9.97 Å². The zero-order valence-electron chi connectivity index (χ0n) is 15.9. The first-order chi connectivity index (χ1) is 12.6. The first kappa shape index (κ1) is 19.3. The highest BCUT2D eigenvalue weighted by Gasteiger charge is 2.25. The number of fused-ring (bicyclic) bond motifs is 3. The Bertz CT molecular complexity index is 733. The Balaban J connectivity index is 0.000000349. The van der Waals surface area contributed by atoms with Gasteiger partial charge in [0.2, 0.25) is 5.88 Å². The molecule has 1 fully saturated rings. The van der Waals surface area contributed by atoms with E-state index in [-0.39, 0.29) is 6.10 Å². The quantitative estimate of drug-likeness (QED) is 0.758. The molecule has 2 aromatic heterocycles. The predicted molar refractivity (Wildman–Crippen MR) is 108 cm³/mol. The molecule has 0 spiro atoms. The van der Waals surface area contributed by atoms with Crippen molar-refractivity contribution >= 4 is 21.6 Å². The highest BCUT2D eigenvalue weighted by molar-refractivity contribution is 7.18. The van der Waals surface area contributed by atoms with Crippen LogP contribution >= 0.6 is 11.3 Å². The zero-order valence-corrected chi connectivity index (χ0v) is 16.7. The maximum Gasteiger partial charge on any atom is 0.225 e. The number of hydrogen-bond donors (Lipinski definition) is 1. The van der Waals surface area contributed by atoms with Crippen molar-refractivity contribution in [2.45, 2.75) is 77.4 Å². The van der Waals surface area contributed by atoms with E-state index in [0.29, 0.717) is 6.10 Å². The second kappa shape index (κ2) is 8.96. The molecule has 2 aliphatic carbocycles. The van der Waals surface area contributed by atoms with E-state index >= 15 is 0 Å². The van der Waals surface area contributed by atoms with Crippen LogP contribution in [0.15, 0.2) is 19.0 Å². The summed E-state index contributed by atoms with van der Waals surface area (Å²) in [6, 6.07) is 0. The molecular formula is C21H30N2O2S. The number of aliphatic hydroxyl groups excluding tert-OH is 1. The molecule has 2 aromatic rings. The molecular weight excluding hydrogens is 344 g/mol. The van der Waals surface area contributed by atoms with Gasteiger partial charge >= 0.3 is 0 Å². The first-order valence-electron chi connectivity index (χ1n) is 9.84. The summed E-state index contributed by atoms with van der Waals surface area (Å²) in [7, 11) is 0. The number of hydrogen-bond acceptors (Lipinski definition) is 5. The fraction of sp³-hybridized carbons (Fsp3) is 0.619. The van der Waals surface area contributed by atoms with Gasteiger partial charge in [0.05, 0.1) is 11.5 Å². The van der Waals surface area contributed by atoms with Gasteiger partial charge in [-0.2, -0.15) is 0 Å². The minimum Gasteiger partial charge on any atom is -0.474 e. The second-order valence-corrected chi connectivity index (χ2v) is 8.45. The van der Waals surface area contributed by atoms with Gasteiger partial charge in [0, 0.05) is 4.88 Å². The number of aliphatic hydroxyl groups is 1. The molecule has 0 aliphatic heterocycles. The van der Waals surface area contributed by atoms with Gasteiger partial charge in [-0.1, -0.05) is 19.4 Å². The Hall–Kier alpha value is -1.46.